The normalized spacial score (nSPS) is 11.0. The molecule has 41 heavy (non-hydrogen) atoms. The first-order chi connectivity index (χ1) is 20.3. The van der Waals surface area contributed by atoms with Gasteiger partial charge in [0.05, 0.1) is 0 Å². The molecule has 0 unspecified atom stereocenters. The quantitative estimate of drug-likeness (QED) is 0.237. The Hall–Kier alpha value is -5.40. The molecule has 0 spiro atoms. The van der Waals surface area contributed by atoms with E-state index in [0.29, 0.717) is 0 Å². The topological polar surface area (TPSA) is 20.2 Å². The molecule has 0 radical (unpaired) electrons. The molecule has 0 saturated heterocycles. The predicted molar refractivity (Wildman–Crippen MR) is 173 cm³/mol. The summed E-state index contributed by atoms with van der Waals surface area (Å²) < 4.78 is 0. The smallest absolute Gasteiger partial charge is 0.123 e. The summed E-state index contributed by atoms with van der Waals surface area (Å²) in [7, 11) is 0. The largest absolute Gasteiger partial charge is 0.507 e. The number of hydrogen-bond donors (Lipinski definition) is 1. The van der Waals surface area contributed by atoms with Crippen molar-refractivity contribution in [1.82, 2.24) is 0 Å². The highest BCUT2D eigenvalue weighted by Crippen LogP contribution is 2.53. The van der Waals surface area contributed by atoms with Crippen molar-refractivity contribution in [2.45, 2.75) is 0 Å². The van der Waals surface area contributed by atoms with Gasteiger partial charge < -0.3 is 5.11 Å². The molecule has 0 aromatic heterocycles. The number of para-hydroxylation sites is 1. The van der Waals surface area contributed by atoms with Crippen LogP contribution in [0.5, 0.6) is 5.75 Å². The zero-order chi connectivity index (χ0) is 27.6. The van der Waals surface area contributed by atoms with Gasteiger partial charge in [0.15, 0.2) is 0 Å². The number of benzene rings is 7. The molecule has 194 valence electrons. The summed E-state index contributed by atoms with van der Waals surface area (Å²) in [5.74, 6) is 0.272. The first kappa shape index (κ1) is 24.6. The average Bonchev–Trinajstić information content (AvgIpc) is 3.05. The number of hydrogen-bond acceptors (Lipinski definition) is 1. The number of rotatable bonds is 5. The second-order valence-corrected chi connectivity index (χ2v) is 10.2. The summed E-state index contributed by atoms with van der Waals surface area (Å²) in [4.78, 5) is 0. The summed E-state index contributed by atoms with van der Waals surface area (Å²) >= 11 is 0. The van der Waals surface area contributed by atoms with Crippen molar-refractivity contribution < 1.29 is 5.11 Å². The van der Waals surface area contributed by atoms with Gasteiger partial charge in [-0.3, -0.25) is 0 Å². The fourth-order valence-corrected chi connectivity index (χ4v) is 6.05. The molecule has 0 bridgehead atoms. The Balaban J connectivity index is 1.80. The molecule has 1 nitrogen and oxygen atoms in total. The third-order valence-corrected chi connectivity index (χ3v) is 7.78. The summed E-state index contributed by atoms with van der Waals surface area (Å²) in [5.41, 5.74) is 11.1. The summed E-state index contributed by atoms with van der Waals surface area (Å²) in [6.45, 7) is 0. The van der Waals surface area contributed by atoms with Crippen LogP contribution >= 0.6 is 0 Å². The molecule has 7 aromatic rings. The molecular weight excluding hydrogens is 496 g/mol. The highest BCUT2D eigenvalue weighted by Gasteiger charge is 2.25. The molecule has 0 aliphatic carbocycles. The van der Waals surface area contributed by atoms with E-state index < -0.39 is 0 Å². The van der Waals surface area contributed by atoms with Crippen LogP contribution in [0.3, 0.4) is 0 Å². The Labute approximate surface area is 240 Å². The van der Waals surface area contributed by atoms with Gasteiger partial charge in [-0.2, -0.15) is 0 Å². The average molecular weight is 525 g/mol. The van der Waals surface area contributed by atoms with E-state index in [4.69, 9.17) is 0 Å². The second kappa shape index (κ2) is 10.6. The van der Waals surface area contributed by atoms with Gasteiger partial charge in [0.1, 0.15) is 5.75 Å². The molecule has 0 aliphatic heterocycles. The van der Waals surface area contributed by atoms with Crippen molar-refractivity contribution in [1.29, 1.82) is 0 Å². The first-order valence-corrected chi connectivity index (χ1v) is 13.9. The van der Waals surface area contributed by atoms with Gasteiger partial charge in [-0.1, -0.05) is 158 Å². The molecule has 0 amide bonds. The van der Waals surface area contributed by atoms with Crippen molar-refractivity contribution in [2.24, 2.45) is 0 Å². The monoisotopic (exact) mass is 524 g/mol. The van der Waals surface area contributed by atoms with Crippen molar-refractivity contribution in [2.75, 3.05) is 0 Å². The SMILES string of the molecule is Oc1ccccc1-c1cccc2c(-c3ccccc3)c(-c3ccccc3)c(-c3ccccc3)c(-c3ccccc3)c12. The van der Waals surface area contributed by atoms with Crippen LogP contribution in [0.4, 0.5) is 0 Å². The van der Waals surface area contributed by atoms with E-state index in [0.717, 1.165) is 49.7 Å². The maximum atomic E-state index is 11.1. The molecule has 0 saturated carbocycles. The predicted octanol–water partition coefficient (Wildman–Crippen LogP) is 10.9. The first-order valence-electron chi connectivity index (χ1n) is 13.9. The highest BCUT2D eigenvalue weighted by atomic mass is 16.3. The van der Waals surface area contributed by atoms with Crippen LogP contribution in [-0.4, -0.2) is 5.11 Å². The minimum Gasteiger partial charge on any atom is -0.507 e. The fourth-order valence-electron chi connectivity index (χ4n) is 6.05. The maximum absolute atomic E-state index is 11.1. The summed E-state index contributed by atoms with van der Waals surface area (Å²) in [6, 6.07) is 56.9. The van der Waals surface area contributed by atoms with Gasteiger partial charge >= 0.3 is 0 Å². The van der Waals surface area contributed by atoms with Gasteiger partial charge in [-0.05, 0) is 66.9 Å². The Morgan fingerprint density at radius 2 is 0.683 bits per heavy atom. The second-order valence-electron chi connectivity index (χ2n) is 10.2. The number of aromatic hydroxyl groups is 1. The van der Waals surface area contributed by atoms with Crippen LogP contribution in [0.15, 0.2) is 164 Å². The molecule has 0 fully saturated rings. The van der Waals surface area contributed by atoms with E-state index in [2.05, 4.69) is 140 Å². The lowest BCUT2D eigenvalue weighted by Gasteiger charge is -2.25. The molecule has 0 aliphatic rings. The van der Waals surface area contributed by atoms with Crippen molar-refractivity contribution in [3.05, 3.63) is 164 Å². The molecule has 1 heteroatoms. The van der Waals surface area contributed by atoms with Gasteiger partial charge in [0, 0.05) is 5.56 Å². The van der Waals surface area contributed by atoms with E-state index in [1.54, 1.807) is 6.07 Å². The van der Waals surface area contributed by atoms with E-state index in [1.807, 2.05) is 18.2 Å². The number of phenolic OH excluding ortho intramolecular Hbond substituents is 1. The lowest BCUT2D eigenvalue weighted by atomic mass is 9.77. The van der Waals surface area contributed by atoms with Gasteiger partial charge in [0.25, 0.3) is 0 Å². The van der Waals surface area contributed by atoms with E-state index in [1.165, 1.54) is 16.7 Å². The zero-order valence-corrected chi connectivity index (χ0v) is 22.5. The molecule has 7 aromatic carbocycles. The van der Waals surface area contributed by atoms with Crippen LogP contribution in [0.2, 0.25) is 0 Å². The highest BCUT2D eigenvalue weighted by molar-refractivity contribution is 6.22. The summed E-state index contributed by atoms with van der Waals surface area (Å²) in [5, 5.41) is 13.4. The Bertz CT molecular complexity index is 1960. The van der Waals surface area contributed by atoms with Crippen molar-refractivity contribution in [3.8, 4) is 61.4 Å². The summed E-state index contributed by atoms with van der Waals surface area (Å²) in [6.07, 6.45) is 0. The van der Waals surface area contributed by atoms with Gasteiger partial charge in [-0.25, -0.2) is 0 Å². The Morgan fingerprint density at radius 1 is 0.293 bits per heavy atom. The van der Waals surface area contributed by atoms with E-state index in [-0.39, 0.29) is 5.75 Å². The van der Waals surface area contributed by atoms with Crippen LogP contribution in [0.25, 0.3) is 66.4 Å². The minimum atomic E-state index is 0.272. The molecule has 0 atom stereocenters. The molecular formula is C40H28O. The van der Waals surface area contributed by atoms with E-state index in [9.17, 15) is 5.11 Å². The van der Waals surface area contributed by atoms with Crippen molar-refractivity contribution >= 4 is 10.8 Å². The lowest BCUT2D eigenvalue weighted by Crippen LogP contribution is -1.98. The van der Waals surface area contributed by atoms with Crippen LogP contribution in [0.1, 0.15) is 0 Å². The van der Waals surface area contributed by atoms with Gasteiger partial charge in [-0.15, -0.1) is 0 Å². The Kier molecular flexibility index (Phi) is 6.39. The lowest BCUT2D eigenvalue weighted by molar-refractivity contribution is 0.477. The number of fused-ring (bicyclic) bond motifs is 1. The fraction of sp³-hybridized carbons (Fsp3) is 0. The van der Waals surface area contributed by atoms with Crippen LogP contribution < -0.4 is 0 Å². The van der Waals surface area contributed by atoms with Gasteiger partial charge in [0.2, 0.25) is 0 Å². The van der Waals surface area contributed by atoms with Crippen molar-refractivity contribution in [3.63, 3.8) is 0 Å². The van der Waals surface area contributed by atoms with Crippen LogP contribution in [-0.2, 0) is 0 Å². The standard InChI is InChI=1S/C40H28O/c41-35-27-14-13-24-32(35)33-25-15-26-34-36(28-16-5-1-6-17-28)37(29-18-7-2-8-19-29)38(30-20-9-3-10-21-30)39(40(33)34)31-22-11-4-12-23-31/h1-27,41H. The minimum absolute atomic E-state index is 0.272. The van der Waals surface area contributed by atoms with Crippen LogP contribution in [0, 0.1) is 0 Å². The third-order valence-electron chi connectivity index (χ3n) is 7.78. The molecule has 0 heterocycles. The maximum Gasteiger partial charge on any atom is 0.123 e. The Morgan fingerprint density at radius 3 is 1.20 bits per heavy atom. The molecule has 1 N–H and O–H groups in total. The molecule has 7 rings (SSSR count). The zero-order valence-electron chi connectivity index (χ0n) is 22.5. The third kappa shape index (κ3) is 4.38. The van der Waals surface area contributed by atoms with E-state index >= 15 is 0 Å². The number of phenols is 1.